The highest BCUT2D eigenvalue weighted by Gasteiger charge is 2.19. The Hall–Kier alpha value is -2.11. The van der Waals surface area contributed by atoms with E-state index in [0.29, 0.717) is 11.3 Å². The van der Waals surface area contributed by atoms with Crippen LogP contribution in [0.1, 0.15) is 19.4 Å². The molecule has 1 unspecified atom stereocenters. The van der Waals surface area contributed by atoms with E-state index in [-0.39, 0.29) is 12.5 Å². The van der Waals surface area contributed by atoms with E-state index in [4.69, 9.17) is 9.84 Å². The van der Waals surface area contributed by atoms with Gasteiger partial charge >= 0.3 is 5.97 Å². The number of carboxylic acid groups (broad SMARTS) is 1. The minimum atomic E-state index is -1.50. The molecule has 0 saturated carbocycles. The molecule has 6 heteroatoms. The van der Waals surface area contributed by atoms with E-state index in [2.05, 4.69) is 5.32 Å². The van der Waals surface area contributed by atoms with Crippen molar-refractivity contribution in [1.82, 2.24) is 5.32 Å². The molecule has 0 radical (unpaired) electrons. The van der Waals surface area contributed by atoms with E-state index in [1.54, 1.807) is 24.3 Å². The zero-order valence-corrected chi connectivity index (χ0v) is 11.4. The normalized spacial score (nSPS) is 12.0. The topological polar surface area (TPSA) is 75.6 Å². The third kappa shape index (κ3) is 5.26. The maximum Gasteiger partial charge on any atom is 0.328 e. The highest BCUT2D eigenvalue weighted by atomic mass is 19.1. The standard InChI is InChI=1S/C14H18FNO4/c1-9(2)20-11-5-3-4-10(6-11)7-13(17)16-12(8-15)14(18)19/h3-6,9,12H,7-8H2,1-2H3,(H,16,17)(H,18,19). The first-order chi connectivity index (χ1) is 9.42. The summed E-state index contributed by atoms with van der Waals surface area (Å²) in [5, 5.41) is 10.8. The fraction of sp³-hybridized carbons (Fsp3) is 0.429. The van der Waals surface area contributed by atoms with E-state index < -0.39 is 24.6 Å². The van der Waals surface area contributed by atoms with Crippen LogP contribution in [0.3, 0.4) is 0 Å². The number of aliphatic carboxylic acids is 1. The maximum atomic E-state index is 12.4. The average Bonchev–Trinajstić information content (AvgIpc) is 2.35. The number of ether oxygens (including phenoxy) is 1. The lowest BCUT2D eigenvalue weighted by Gasteiger charge is -2.12. The Morgan fingerprint density at radius 1 is 1.40 bits per heavy atom. The predicted molar refractivity (Wildman–Crippen MR) is 71.5 cm³/mol. The quantitative estimate of drug-likeness (QED) is 0.796. The summed E-state index contributed by atoms with van der Waals surface area (Å²) in [5.41, 5.74) is 0.670. The minimum Gasteiger partial charge on any atom is -0.491 e. The second kappa shape index (κ2) is 7.47. The SMILES string of the molecule is CC(C)Oc1cccc(CC(=O)NC(CF)C(=O)O)c1. The largest absolute Gasteiger partial charge is 0.491 e. The number of nitrogens with one attached hydrogen (secondary N) is 1. The zero-order valence-electron chi connectivity index (χ0n) is 11.4. The molecule has 1 amide bonds. The van der Waals surface area contributed by atoms with Crippen molar-refractivity contribution in [2.75, 3.05) is 6.67 Å². The highest BCUT2D eigenvalue weighted by Crippen LogP contribution is 2.15. The Kier molecular flexibility index (Phi) is 5.96. The Labute approximate surface area is 116 Å². The molecule has 1 rings (SSSR count). The van der Waals surface area contributed by atoms with Crippen molar-refractivity contribution in [3.63, 3.8) is 0 Å². The molecule has 20 heavy (non-hydrogen) atoms. The third-order valence-corrected chi connectivity index (χ3v) is 2.42. The maximum absolute atomic E-state index is 12.4. The molecule has 1 atom stereocenters. The molecule has 110 valence electrons. The van der Waals surface area contributed by atoms with Gasteiger partial charge in [0, 0.05) is 0 Å². The van der Waals surface area contributed by atoms with Gasteiger partial charge in [-0.15, -0.1) is 0 Å². The summed E-state index contributed by atoms with van der Waals surface area (Å²) in [4.78, 5) is 22.3. The van der Waals surface area contributed by atoms with Crippen LogP contribution in [0.2, 0.25) is 0 Å². The lowest BCUT2D eigenvalue weighted by molar-refractivity contribution is -0.142. The first kappa shape index (κ1) is 15.9. The Morgan fingerprint density at radius 3 is 2.65 bits per heavy atom. The molecule has 0 saturated heterocycles. The van der Waals surface area contributed by atoms with Crippen LogP contribution in [0.25, 0.3) is 0 Å². The lowest BCUT2D eigenvalue weighted by atomic mass is 10.1. The van der Waals surface area contributed by atoms with E-state index in [1.807, 2.05) is 13.8 Å². The summed E-state index contributed by atoms with van der Waals surface area (Å²) in [7, 11) is 0. The fourth-order valence-corrected chi connectivity index (χ4v) is 1.60. The first-order valence-corrected chi connectivity index (χ1v) is 6.26. The van der Waals surface area contributed by atoms with E-state index in [0.717, 1.165) is 0 Å². The number of amides is 1. The van der Waals surface area contributed by atoms with Gasteiger partial charge in [0.25, 0.3) is 0 Å². The molecule has 5 nitrogen and oxygen atoms in total. The van der Waals surface area contributed by atoms with Crippen LogP contribution in [-0.4, -0.2) is 35.8 Å². The van der Waals surface area contributed by atoms with Crippen molar-refractivity contribution in [1.29, 1.82) is 0 Å². The minimum absolute atomic E-state index is 0.0157. The Balaban J connectivity index is 2.63. The molecule has 0 aliphatic heterocycles. The molecule has 0 fully saturated rings. The molecule has 1 aromatic rings. The molecule has 0 aliphatic carbocycles. The molecular weight excluding hydrogens is 265 g/mol. The summed E-state index contributed by atoms with van der Waals surface area (Å²) in [6, 6.07) is 5.42. The third-order valence-electron chi connectivity index (χ3n) is 2.42. The molecule has 0 heterocycles. The second-order valence-electron chi connectivity index (χ2n) is 4.60. The van der Waals surface area contributed by atoms with Gasteiger partial charge in [-0.3, -0.25) is 4.79 Å². The van der Waals surface area contributed by atoms with Crippen molar-refractivity contribution in [3.05, 3.63) is 29.8 Å². The molecule has 1 aromatic carbocycles. The van der Waals surface area contributed by atoms with Crippen LogP contribution in [0.5, 0.6) is 5.75 Å². The van der Waals surface area contributed by atoms with Crippen LogP contribution >= 0.6 is 0 Å². The zero-order chi connectivity index (χ0) is 15.1. The smallest absolute Gasteiger partial charge is 0.328 e. The van der Waals surface area contributed by atoms with Crippen LogP contribution in [0.4, 0.5) is 4.39 Å². The van der Waals surface area contributed by atoms with Gasteiger partial charge in [0.05, 0.1) is 12.5 Å². The van der Waals surface area contributed by atoms with Crippen LogP contribution in [0.15, 0.2) is 24.3 Å². The number of hydrogen-bond donors (Lipinski definition) is 2. The van der Waals surface area contributed by atoms with E-state index >= 15 is 0 Å². The van der Waals surface area contributed by atoms with Crippen molar-refractivity contribution in [2.45, 2.75) is 32.4 Å². The summed E-state index contributed by atoms with van der Waals surface area (Å²) < 4.78 is 17.9. The van der Waals surface area contributed by atoms with Crippen molar-refractivity contribution in [3.8, 4) is 5.75 Å². The number of alkyl halides is 1. The monoisotopic (exact) mass is 283 g/mol. The predicted octanol–water partition coefficient (Wildman–Crippen LogP) is 1.56. The first-order valence-electron chi connectivity index (χ1n) is 6.26. The Morgan fingerprint density at radius 2 is 2.10 bits per heavy atom. The highest BCUT2D eigenvalue weighted by molar-refractivity contribution is 5.84. The average molecular weight is 283 g/mol. The van der Waals surface area contributed by atoms with Gasteiger partial charge in [-0.25, -0.2) is 9.18 Å². The number of halogens is 1. The van der Waals surface area contributed by atoms with Crippen molar-refractivity contribution in [2.24, 2.45) is 0 Å². The summed E-state index contributed by atoms with van der Waals surface area (Å²) in [6.45, 7) is 2.63. The molecule has 0 spiro atoms. The van der Waals surface area contributed by atoms with E-state index in [1.165, 1.54) is 0 Å². The van der Waals surface area contributed by atoms with Crippen LogP contribution < -0.4 is 10.1 Å². The molecule has 0 aromatic heterocycles. The Bertz CT molecular complexity index is 476. The van der Waals surface area contributed by atoms with Gasteiger partial charge in [-0.05, 0) is 31.5 Å². The number of carboxylic acids is 1. The number of carbonyl (C=O) groups is 2. The lowest BCUT2D eigenvalue weighted by Crippen LogP contribution is -2.43. The van der Waals surface area contributed by atoms with Gasteiger partial charge in [-0.2, -0.15) is 0 Å². The summed E-state index contributed by atoms with van der Waals surface area (Å²) in [6.07, 6.45) is -0.0129. The molecule has 2 N–H and O–H groups in total. The number of carbonyl (C=O) groups excluding carboxylic acids is 1. The van der Waals surface area contributed by atoms with E-state index in [9.17, 15) is 14.0 Å². The summed E-state index contributed by atoms with van der Waals surface area (Å²) >= 11 is 0. The number of hydrogen-bond acceptors (Lipinski definition) is 3. The van der Waals surface area contributed by atoms with Crippen LogP contribution in [-0.2, 0) is 16.0 Å². The number of rotatable bonds is 7. The molecule has 0 bridgehead atoms. The van der Waals surface area contributed by atoms with Gasteiger partial charge in [0.2, 0.25) is 5.91 Å². The van der Waals surface area contributed by atoms with Crippen molar-refractivity contribution >= 4 is 11.9 Å². The molecule has 0 aliphatic rings. The molecular formula is C14H18FNO4. The van der Waals surface area contributed by atoms with Crippen molar-refractivity contribution < 1.29 is 23.8 Å². The fourth-order valence-electron chi connectivity index (χ4n) is 1.60. The number of benzene rings is 1. The van der Waals surface area contributed by atoms with Gasteiger partial charge in [0.1, 0.15) is 12.4 Å². The van der Waals surface area contributed by atoms with Crippen LogP contribution in [0, 0.1) is 0 Å². The summed E-state index contributed by atoms with van der Waals surface area (Å²) in [5.74, 6) is -1.31. The van der Waals surface area contributed by atoms with Gasteiger partial charge < -0.3 is 15.2 Å². The van der Waals surface area contributed by atoms with Gasteiger partial charge in [-0.1, -0.05) is 12.1 Å². The second-order valence-corrected chi connectivity index (χ2v) is 4.60. The van der Waals surface area contributed by atoms with Gasteiger partial charge in [0.15, 0.2) is 6.04 Å².